The zero-order valence-electron chi connectivity index (χ0n) is 11.9. The van der Waals surface area contributed by atoms with Gasteiger partial charge in [-0.25, -0.2) is 0 Å². The molecule has 21 heavy (non-hydrogen) atoms. The Morgan fingerprint density at radius 2 is 2.19 bits per heavy atom. The maximum Gasteiger partial charge on any atom is 0.234 e. The van der Waals surface area contributed by atoms with E-state index in [0.29, 0.717) is 10.8 Å². The number of hydrogen-bond donors (Lipinski definition) is 1. The number of carbonyl (C=O) groups is 1. The fourth-order valence-corrected chi connectivity index (χ4v) is 3.58. The van der Waals surface area contributed by atoms with Crippen molar-refractivity contribution in [2.45, 2.75) is 31.0 Å². The quantitative estimate of drug-likeness (QED) is 0.805. The molecular formula is C14H16ClN3OS2. The first kappa shape index (κ1) is 16.3. The first-order valence-corrected chi connectivity index (χ1v) is 8.89. The van der Waals surface area contributed by atoms with E-state index in [1.54, 1.807) is 5.51 Å². The second-order valence-electron chi connectivity index (χ2n) is 4.31. The number of benzene rings is 1. The molecule has 1 amide bonds. The van der Waals surface area contributed by atoms with Gasteiger partial charge in [-0.3, -0.25) is 4.79 Å². The van der Waals surface area contributed by atoms with E-state index in [1.165, 1.54) is 23.1 Å². The SMILES string of the molecule is CCc1ccc(Cl)c(CC)c1NC(=O)CSc1nncs1. The Bertz CT molecular complexity index is 617. The van der Waals surface area contributed by atoms with Gasteiger partial charge in [-0.15, -0.1) is 10.2 Å². The van der Waals surface area contributed by atoms with Gasteiger partial charge in [-0.2, -0.15) is 0 Å². The largest absolute Gasteiger partial charge is 0.325 e. The predicted molar refractivity (Wildman–Crippen MR) is 89.5 cm³/mol. The molecule has 0 bridgehead atoms. The first-order valence-electron chi connectivity index (χ1n) is 6.64. The van der Waals surface area contributed by atoms with E-state index in [9.17, 15) is 4.79 Å². The van der Waals surface area contributed by atoms with Crippen molar-refractivity contribution in [1.82, 2.24) is 10.2 Å². The van der Waals surface area contributed by atoms with Crippen LogP contribution in [-0.4, -0.2) is 21.9 Å². The number of aromatic nitrogens is 2. The zero-order valence-corrected chi connectivity index (χ0v) is 14.2. The lowest BCUT2D eigenvalue weighted by Crippen LogP contribution is -2.17. The highest BCUT2D eigenvalue weighted by Crippen LogP contribution is 2.30. The van der Waals surface area contributed by atoms with Crippen LogP contribution in [0.5, 0.6) is 0 Å². The minimum Gasteiger partial charge on any atom is -0.325 e. The van der Waals surface area contributed by atoms with Crippen molar-refractivity contribution >= 4 is 46.3 Å². The first-order chi connectivity index (χ1) is 10.2. The van der Waals surface area contributed by atoms with Crippen LogP contribution in [0.25, 0.3) is 0 Å². The van der Waals surface area contributed by atoms with Gasteiger partial charge in [0.15, 0.2) is 4.34 Å². The third kappa shape index (κ3) is 4.18. The average Bonchev–Trinajstić information content (AvgIpc) is 2.99. The van der Waals surface area contributed by atoms with Crippen molar-refractivity contribution in [2.75, 3.05) is 11.1 Å². The monoisotopic (exact) mass is 341 g/mol. The molecule has 7 heteroatoms. The minimum absolute atomic E-state index is 0.0538. The summed E-state index contributed by atoms with van der Waals surface area (Å²) in [6, 6.07) is 3.86. The molecule has 0 radical (unpaired) electrons. The Labute approximate surface area is 137 Å². The van der Waals surface area contributed by atoms with Crippen molar-refractivity contribution in [3.05, 3.63) is 33.8 Å². The van der Waals surface area contributed by atoms with Gasteiger partial charge in [0, 0.05) is 10.7 Å². The van der Waals surface area contributed by atoms with Crippen LogP contribution in [-0.2, 0) is 17.6 Å². The summed E-state index contributed by atoms with van der Waals surface area (Å²) in [5.74, 6) is 0.260. The fourth-order valence-electron chi connectivity index (χ4n) is 2.00. The van der Waals surface area contributed by atoms with Crippen LogP contribution in [0, 0.1) is 0 Å². The average molecular weight is 342 g/mol. The summed E-state index contributed by atoms with van der Waals surface area (Å²) in [7, 11) is 0. The Balaban J connectivity index is 2.10. The second-order valence-corrected chi connectivity index (χ2v) is 6.77. The van der Waals surface area contributed by atoms with Gasteiger partial charge in [-0.05, 0) is 30.0 Å². The molecule has 2 rings (SSSR count). The third-order valence-corrected chi connectivity index (χ3v) is 5.22. The number of amides is 1. The summed E-state index contributed by atoms with van der Waals surface area (Å²) < 4.78 is 0.794. The van der Waals surface area contributed by atoms with Crippen LogP contribution in [0.1, 0.15) is 25.0 Å². The summed E-state index contributed by atoms with van der Waals surface area (Å²) in [6.45, 7) is 4.10. The Kier molecular flexibility index (Phi) is 6.02. The lowest BCUT2D eigenvalue weighted by molar-refractivity contribution is -0.113. The molecule has 0 aliphatic rings. The van der Waals surface area contributed by atoms with Crippen LogP contribution in [0.4, 0.5) is 5.69 Å². The molecule has 0 spiro atoms. The summed E-state index contributed by atoms with van der Waals surface area (Å²) >= 11 is 9.04. The number of hydrogen-bond acceptors (Lipinski definition) is 5. The number of nitrogens with zero attached hydrogens (tertiary/aromatic N) is 2. The van der Waals surface area contributed by atoms with Crippen molar-refractivity contribution in [2.24, 2.45) is 0 Å². The van der Waals surface area contributed by atoms with E-state index in [1.807, 2.05) is 19.1 Å². The summed E-state index contributed by atoms with van der Waals surface area (Å²) in [4.78, 5) is 12.1. The van der Waals surface area contributed by atoms with Crippen molar-refractivity contribution in [1.29, 1.82) is 0 Å². The third-order valence-electron chi connectivity index (χ3n) is 3.01. The van der Waals surface area contributed by atoms with E-state index < -0.39 is 0 Å². The Hall–Kier alpha value is -1.11. The second kappa shape index (κ2) is 7.77. The van der Waals surface area contributed by atoms with E-state index in [2.05, 4.69) is 22.4 Å². The van der Waals surface area contributed by atoms with Crippen LogP contribution in [0.3, 0.4) is 0 Å². The van der Waals surface area contributed by atoms with Gasteiger partial charge in [0.2, 0.25) is 5.91 Å². The number of aryl methyl sites for hydroxylation is 1. The molecule has 2 aromatic rings. The molecular weight excluding hydrogens is 326 g/mol. The standard InChI is InChI=1S/C14H16ClN3OS2/c1-3-9-5-6-11(15)10(4-2)13(9)17-12(19)7-20-14-18-16-8-21-14/h5-6,8H,3-4,7H2,1-2H3,(H,17,19). The highest BCUT2D eigenvalue weighted by atomic mass is 35.5. The maximum absolute atomic E-state index is 12.1. The number of nitrogens with one attached hydrogen (secondary N) is 1. The van der Waals surface area contributed by atoms with Crippen LogP contribution < -0.4 is 5.32 Å². The Morgan fingerprint density at radius 3 is 2.81 bits per heavy atom. The molecule has 1 heterocycles. The van der Waals surface area contributed by atoms with Gasteiger partial charge >= 0.3 is 0 Å². The van der Waals surface area contributed by atoms with Crippen LogP contribution in [0.2, 0.25) is 5.02 Å². The van der Waals surface area contributed by atoms with Gasteiger partial charge in [0.1, 0.15) is 5.51 Å². The molecule has 0 aliphatic heterocycles. The summed E-state index contributed by atoms with van der Waals surface area (Å²) in [5, 5.41) is 11.3. The van der Waals surface area contributed by atoms with Gasteiger partial charge in [-0.1, -0.05) is 54.6 Å². The van der Waals surface area contributed by atoms with Crippen molar-refractivity contribution in [3.8, 4) is 0 Å². The lowest BCUT2D eigenvalue weighted by atomic mass is 10.0. The van der Waals surface area contributed by atoms with E-state index in [-0.39, 0.29) is 5.91 Å². The molecule has 0 saturated heterocycles. The van der Waals surface area contributed by atoms with Crippen molar-refractivity contribution in [3.63, 3.8) is 0 Å². The molecule has 1 N–H and O–H groups in total. The topological polar surface area (TPSA) is 54.9 Å². The molecule has 1 aromatic carbocycles. The molecule has 0 aliphatic carbocycles. The zero-order chi connectivity index (χ0) is 15.2. The van der Waals surface area contributed by atoms with E-state index in [4.69, 9.17) is 11.6 Å². The number of thioether (sulfide) groups is 1. The Morgan fingerprint density at radius 1 is 1.38 bits per heavy atom. The molecule has 0 fully saturated rings. The maximum atomic E-state index is 12.1. The van der Waals surface area contributed by atoms with Crippen molar-refractivity contribution < 1.29 is 4.79 Å². The van der Waals surface area contributed by atoms with Gasteiger partial charge < -0.3 is 5.32 Å². The number of anilines is 1. The molecule has 112 valence electrons. The van der Waals surface area contributed by atoms with E-state index in [0.717, 1.165) is 34.0 Å². The molecule has 0 atom stereocenters. The highest BCUT2D eigenvalue weighted by Gasteiger charge is 2.13. The molecule has 1 aromatic heterocycles. The van der Waals surface area contributed by atoms with Crippen LogP contribution in [0.15, 0.2) is 22.0 Å². The van der Waals surface area contributed by atoms with Gasteiger partial charge in [0.05, 0.1) is 5.75 Å². The summed E-state index contributed by atoms with van der Waals surface area (Å²) in [5.41, 5.74) is 4.60. The predicted octanol–water partition coefficient (Wildman–Crippen LogP) is 4.05. The highest BCUT2D eigenvalue weighted by molar-refractivity contribution is 8.01. The summed E-state index contributed by atoms with van der Waals surface area (Å²) in [6.07, 6.45) is 1.63. The van der Waals surface area contributed by atoms with Crippen LogP contribution >= 0.6 is 34.7 Å². The minimum atomic E-state index is -0.0538. The number of halogens is 1. The lowest BCUT2D eigenvalue weighted by Gasteiger charge is -2.15. The van der Waals surface area contributed by atoms with E-state index >= 15 is 0 Å². The smallest absolute Gasteiger partial charge is 0.234 e. The number of carbonyl (C=O) groups excluding carboxylic acids is 1. The number of rotatable bonds is 6. The normalized spacial score (nSPS) is 10.6. The molecule has 0 unspecified atom stereocenters. The molecule has 4 nitrogen and oxygen atoms in total. The molecule has 0 saturated carbocycles. The van der Waals surface area contributed by atoms with Gasteiger partial charge in [0.25, 0.3) is 0 Å². The fraction of sp³-hybridized carbons (Fsp3) is 0.357.